The van der Waals surface area contributed by atoms with Crippen molar-refractivity contribution < 1.29 is 14.3 Å². The first kappa shape index (κ1) is 19.4. The molecule has 0 fully saturated rings. The Balaban J connectivity index is 2.05. The van der Waals surface area contributed by atoms with Crippen molar-refractivity contribution in [2.45, 2.75) is 20.0 Å². The van der Waals surface area contributed by atoms with Gasteiger partial charge in [-0.1, -0.05) is 29.8 Å². The summed E-state index contributed by atoms with van der Waals surface area (Å²) in [5.41, 5.74) is 4.86. The van der Waals surface area contributed by atoms with Gasteiger partial charge >= 0.3 is 0 Å². The molecule has 0 bridgehead atoms. The Morgan fingerprint density at radius 3 is 2.72 bits per heavy atom. The first-order valence-electron chi connectivity index (χ1n) is 9.75. The minimum atomic E-state index is -0.160. The Kier molecular flexibility index (Phi) is 5.26. The average molecular weight is 391 g/mol. The van der Waals surface area contributed by atoms with E-state index in [4.69, 9.17) is 9.15 Å². The SMILES string of the molecule is COc1cc(CO)c(C2=CCN(C)CC2)c2oc(-c3cccc(C)c3)cc(=O)c12. The molecule has 0 atom stereocenters. The van der Waals surface area contributed by atoms with Crippen LogP contribution in [0.3, 0.4) is 0 Å². The van der Waals surface area contributed by atoms with Crippen molar-refractivity contribution in [1.29, 1.82) is 0 Å². The molecule has 1 aromatic heterocycles. The molecule has 1 aliphatic heterocycles. The lowest BCUT2D eigenvalue weighted by Gasteiger charge is -2.24. The quantitative estimate of drug-likeness (QED) is 0.729. The van der Waals surface area contributed by atoms with Gasteiger partial charge in [-0.2, -0.15) is 0 Å². The van der Waals surface area contributed by atoms with Crippen molar-refractivity contribution in [3.8, 4) is 17.1 Å². The summed E-state index contributed by atoms with van der Waals surface area (Å²) in [5, 5.41) is 10.5. The highest BCUT2D eigenvalue weighted by Crippen LogP contribution is 2.37. The predicted octanol–water partition coefficient (Wildman–Crippen LogP) is 3.99. The van der Waals surface area contributed by atoms with Gasteiger partial charge in [-0.3, -0.25) is 4.79 Å². The van der Waals surface area contributed by atoms with E-state index in [0.29, 0.717) is 28.0 Å². The molecule has 0 spiro atoms. The second kappa shape index (κ2) is 7.85. The minimum absolute atomic E-state index is 0.154. The smallest absolute Gasteiger partial charge is 0.197 e. The van der Waals surface area contributed by atoms with Crippen LogP contribution in [0.25, 0.3) is 27.9 Å². The molecule has 3 aromatic rings. The van der Waals surface area contributed by atoms with Gasteiger partial charge in [0.1, 0.15) is 22.5 Å². The molecule has 150 valence electrons. The summed E-state index contributed by atoms with van der Waals surface area (Å²) in [6.45, 7) is 3.57. The molecule has 1 N–H and O–H groups in total. The summed E-state index contributed by atoms with van der Waals surface area (Å²) in [6, 6.07) is 11.1. The van der Waals surface area contributed by atoms with Crippen LogP contribution in [0.5, 0.6) is 5.75 Å². The monoisotopic (exact) mass is 391 g/mol. The molecule has 4 rings (SSSR count). The lowest BCUT2D eigenvalue weighted by Crippen LogP contribution is -2.24. The number of hydrogen-bond acceptors (Lipinski definition) is 5. The van der Waals surface area contributed by atoms with Gasteiger partial charge in [-0.25, -0.2) is 0 Å². The van der Waals surface area contributed by atoms with E-state index < -0.39 is 0 Å². The van der Waals surface area contributed by atoms with E-state index in [-0.39, 0.29) is 12.0 Å². The minimum Gasteiger partial charge on any atom is -0.496 e. The fourth-order valence-corrected chi connectivity index (χ4v) is 3.93. The first-order valence-corrected chi connectivity index (χ1v) is 9.75. The van der Waals surface area contributed by atoms with Crippen LogP contribution in [0.4, 0.5) is 0 Å². The van der Waals surface area contributed by atoms with Crippen LogP contribution >= 0.6 is 0 Å². The van der Waals surface area contributed by atoms with E-state index in [1.54, 1.807) is 6.07 Å². The van der Waals surface area contributed by atoms with Gasteiger partial charge in [0.2, 0.25) is 0 Å². The van der Waals surface area contributed by atoms with Gasteiger partial charge < -0.3 is 19.2 Å². The second-order valence-electron chi connectivity index (χ2n) is 7.56. The molecule has 0 amide bonds. The third-order valence-electron chi connectivity index (χ3n) is 5.47. The highest BCUT2D eigenvalue weighted by atomic mass is 16.5. The highest BCUT2D eigenvalue weighted by Gasteiger charge is 2.22. The summed E-state index contributed by atoms with van der Waals surface area (Å²) < 4.78 is 11.8. The molecule has 29 heavy (non-hydrogen) atoms. The third-order valence-corrected chi connectivity index (χ3v) is 5.47. The van der Waals surface area contributed by atoms with Gasteiger partial charge in [-0.05, 0) is 43.7 Å². The van der Waals surface area contributed by atoms with Crippen LogP contribution < -0.4 is 10.2 Å². The van der Waals surface area contributed by atoms with E-state index in [9.17, 15) is 9.90 Å². The van der Waals surface area contributed by atoms with Crippen LogP contribution in [0.2, 0.25) is 0 Å². The number of benzene rings is 2. The van der Waals surface area contributed by atoms with Crippen LogP contribution in [0.15, 0.2) is 51.7 Å². The molecular formula is C24H25NO4. The standard InChI is InChI=1S/C24H25NO4/c1-15-5-4-6-17(11-15)20-13-19(27)23-21(28-3)12-18(14-26)22(24(23)29-20)16-7-9-25(2)10-8-16/h4-7,11-13,26H,8-10,14H2,1-3H3. The largest absolute Gasteiger partial charge is 0.496 e. The number of aliphatic hydroxyl groups excluding tert-OH is 1. The Morgan fingerprint density at radius 2 is 2.07 bits per heavy atom. The normalized spacial score (nSPS) is 14.8. The number of aliphatic hydroxyl groups is 1. The zero-order chi connectivity index (χ0) is 20.5. The lowest BCUT2D eigenvalue weighted by atomic mass is 9.92. The highest BCUT2D eigenvalue weighted by molar-refractivity contribution is 5.96. The maximum atomic E-state index is 13.1. The number of hydrogen-bond donors (Lipinski definition) is 1. The van der Waals surface area contributed by atoms with Crippen molar-refractivity contribution in [3.63, 3.8) is 0 Å². The molecule has 0 saturated carbocycles. The van der Waals surface area contributed by atoms with Crippen molar-refractivity contribution in [1.82, 2.24) is 4.90 Å². The van der Waals surface area contributed by atoms with E-state index in [1.165, 1.54) is 13.2 Å². The van der Waals surface area contributed by atoms with Crippen LogP contribution in [-0.2, 0) is 6.61 Å². The van der Waals surface area contributed by atoms with Crippen molar-refractivity contribution in [3.05, 3.63) is 69.4 Å². The molecule has 0 radical (unpaired) electrons. The number of methoxy groups -OCH3 is 1. The Bertz CT molecular complexity index is 1160. The topological polar surface area (TPSA) is 62.9 Å². The number of nitrogens with zero attached hydrogens (tertiary/aromatic N) is 1. The second-order valence-corrected chi connectivity index (χ2v) is 7.56. The van der Waals surface area contributed by atoms with Gasteiger partial charge in [0, 0.05) is 30.3 Å². The summed E-state index contributed by atoms with van der Waals surface area (Å²) in [4.78, 5) is 15.3. The maximum absolute atomic E-state index is 13.1. The molecule has 0 aliphatic carbocycles. The van der Waals surface area contributed by atoms with E-state index in [2.05, 4.69) is 18.0 Å². The molecule has 5 heteroatoms. The van der Waals surface area contributed by atoms with Crippen molar-refractivity contribution in [2.75, 3.05) is 27.2 Å². The summed E-state index contributed by atoms with van der Waals surface area (Å²) in [7, 11) is 3.60. The van der Waals surface area contributed by atoms with Gasteiger partial charge in [0.25, 0.3) is 0 Å². The number of aryl methyl sites for hydroxylation is 1. The fraction of sp³-hybridized carbons (Fsp3) is 0.292. The zero-order valence-electron chi connectivity index (χ0n) is 17.0. The predicted molar refractivity (Wildman–Crippen MR) is 115 cm³/mol. The van der Waals surface area contributed by atoms with Crippen molar-refractivity contribution in [2.24, 2.45) is 0 Å². The van der Waals surface area contributed by atoms with Crippen LogP contribution in [0, 0.1) is 6.92 Å². The molecule has 1 aliphatic rings. The van der Waals surface area contributed by atoms with E-state index in [1.807, 2.05) is 31.2 Å². The molecule has 0 saturated heterocycles. The van der Waals surface area contributed by atoms with Gasteiger partial charge in [-0.15, -0.1) is 0 Å². The Morgan fingerprint density at radius 1 is 1.24 bits per heavy atom. The molecular weight excluding hydrogens is 366 g/mol. The van der Waals surface area contributed by atoms with Crippen LogP contribution in [0.1, 0.15) is 23.1 Å². The average Bonchev–Trinajstić information content (AvgIpc) is 2.73. The molecule has 5 nitrogen and oxygen atoms in total. The summed E-state index contributed by atoms with van der Waals surface area (Å²) >= 11 is 0. The first-order chi connectivity index (χ1) is 14.0. The lowest BCUT2D eigenvalue weighted by molar-refractivity contribution is 0.280. The van der Waals surface area contributed by atoms with Crippen molar-refractivity contribution >= 4 is 16.5 Å². The number of likely N-dealkylation sites (N-methyl/N-ethyl adjacent to an activating group) is 1. The summed E-state index contributed by atoms with van der Waals surface area (Å²) in [6.07, 6.45) is 2.96. The fourth-order valence-electron chi connectivity index (χ4n) is 3.93. The summed E-state index contributed by atoms with van der Waals surface area (Å²) in [5.74, 6) is 0.934. The maximum Gasteiger partial charge on any atom is 0.197 e. The Hall–Kier alpha value is -2.89. The van der Waals surface area contributed by atoms with Gasteiger partial charge in [0.15, 0.2) is 5.43 Å². The Labute approximate surface area is 169 Å². The number of ether oxygens (including phenoxy) is 1. The van der Waals surface area contributed by atoms with E-state index >= 15 is 0 Å². The molecule has 2 aromatic carbocycles. The molecule has 2 heterocycles. The number of rotatable bonds is 4. The van der Waals surface area contributed by atoms with Crippen LogP contribution in [-0.4, -0.2) is 37.3 Å². The number of fused-ring (bicyclic) bond motifs is 1. The van der Waals surface area contributed by atoms with Gasteiger partial charge in [0.05, 0.1) is 13.7 Å². The molecule has 0 unspecified atom stereocenters. The zero-order valence-corrected chi connectivity index (χ0v) is 17.0. The third kappa shape index (κ3) is 3.59. The van der Waals surface area contributed by atoms with E-state index in [0.717, 1.165) is 41.8 Å².